The summed E-state index contributed by atoms with van der Waals surface area (Å²) < 4.78 is 4.90. The number of hydrogen-bond donors (Lipinski definition) is 1. The number of ether oxygens (including phenoxy) is 1. The Morgan fingerprint density at radius 2 is 2.23 bits per heavy atom. The SMILES string of the molecule is CC(C)OC(=O)c1cncc(O)c1. The van der Waals surface area contributed by atoms with Gasteiger partial charge in [0.15, 0.2) is 0 Å². The largest absolute Gasteiger partial charge is 0.506 e. The lowest BCUT2D eigenvalue weighted by Crippen LogP contribution is -2.11. The normalized spacial score (nSPS) is 10.1. The van der Waals surface area contributed by atoms with Gasteiger partial charge in [-0.3, -0.25) is 4.98 Å². The first-order chi connectivity index (χ1) is 6.09. The van der Waals surface area contributed by atoms with Crippen molar-refractivity contribution < 1.29 is 14.6 Å². The molecule has 1 aromatic heterocycles. The molecule has 0 spiro atoms. The molecular formula is C9H11NO3. The third-order valence-corrected chi connectivity index (χ3v) is 1.30. The highest BCUT2D eigenvalue weighted by Crippen LogP contribution is 2.10. The van der Waals surface area contributed by atoms with Gasteiger partial charge < -0.3 is 9.84 Å². The zero-order chi connectivity index (χ0) is 9.84. The van der Waals surface area contributed by atoms with Crippen molar-refractivity contribution in [3.05, 3.63) is 24.0 Å². The molecule has 4 nitrogen and oxygen atoms in total. The lowest BCUT2D eigenvalue weighted by molar-refractivity contribution is 0.0377. The van der Waals surface area contributed by atoms with Gasteiger partial charge >= 0.3 is 5.97 Å². The van der Waals surface area contributed by atoms with E-state index in [9.17, 15) is 4.79 Å². The van der Waals surface area contributed by atoms with Crippen LogP contribution in [0.1, 0.15) is 24.2 Å². The third kappa shape index (κ3) is 2.74. The molecule has 0 saturated carbocycles. The highest BCUT2D eigenvalue weighted by molar-refractivity contribution is 5.89. The number of aromatic hydroxyl groups is 1. The van der Waals surface area contributed by atoms with E-state index in [0.717, 1.165) is 0 Å². The number of nitrogens with zero attached hydrogens (tertiary/aromatic N) is 1. The molecule has 4 heteroatoms. The van der Waals surface area contributed by atoms with Gasteiger partial charge in [0.1, 0.15) is 5.75 Å². The Morgan fingerprint density at radius 1 is 1.54 bits per heavy atom. The topological polar surface area (TPSA) is 59.4 Å². The number of carbonyl (C=O) groups is 1. The molecule has 0 radical (unpaired) electrons. The fourth-order valence-corrected chi connectivity index (χ4v) is 0.822. The second-order valence-corrected chi connectivity index (χ2v) is 2.89. The molecule has 0 aromatic carbocycles. The predicted octanol–water partition coefficient (Wildman–Crippen LogP) is 1.35. The summed E-state index contributed by atoms with van der Waals surface area (Å²) in [6.07, 6.45) is 2.44. The number of carbonyl (C=O) groups excluding carboxylic acids is 1. The molecule has 1 N–H and O–H groups in total. The maximum Gasteiger partial charge on any atom is 0.340 e. The molecule has 0 unspecified atom stereocenters. The average molecular weight is 181 g/mol. The van der Waals surface area contributed by atoms with Crippen LogP contribution in [-0.4, -0.2) is 22.2 Å². The molecule has 0 aliphatic rings. The van der Waals surface area contributed by atoms with Gasteiger partial charge in [-0.15, -0.1) is 0 Å². The van der Waals surface area contributed by atoms with Crippen LogP contribution in [0.3, 0.4) is 0 Å². The van der Waals surface area contributed by atoms with E-state index in [1.54, 1.807) is 13.8 Å². The lowest BCUT2D eigenvalue weighted by atomic mass is 10.3. The molecule has 13 heavy (non-hydrogen) atoms. The van der Waals surface area contributed by atoms with Crippen molar-refractivity contribution in [3.63, 3.8) is 0 Å². The van der Waals surface area contributed by atoms with E-state index in [1.165, 1.54) is 18.5 Å². The fraction of sp³-hybridized carbons (Fsp3) is 0.333. The van der Waals surface area contributed by atoms with Crippen molar-refractivity contribution >= 4 is 5.97 Å². The molecule has 70 valence electrons. The molecular weight excluding hydrogens is 170 g/mol. The Bertz CT molecular complexity index is 309. The van der Waals surface area contributed by atoms with E-state index in [2.05, 4.69) is 4.98 Å². The predicted molar refractivity (Wildman–Crippen MR) is 46.5 cm³/mol. The Labute approximate surface area is 76.2 Å². The first-order valence-electron chi connectivity index (χ1n) is 3.94. The second kappa shape index (κ2) is 3.89. The van der Waals surface area contributed by atoms with Gasteiger partial charge in [0.05, 0.1) is 17.9 Å². The Kier molecular flexibility index (Phi) is 2.84. The Morgan fingerprint density at radius 3 is 2.77 bits per heavy atom. The van der Waals surface area contributed by atoms with E-state index in [1.807, 2.05) is 0 Å². The summed E-state index contributed by atoms with van der Waals surface area (Å²) in [5.41, 5.74) is 0.258. The van der Waals surface area contributed by atoms with Crippen molar-refractivity contribution in [2.45, 2.75) is 20.0 Å². The van der Waals surface area contributed by atoms with Crippen molar-refractivity contribution in [2.24, 2.45) is 0 Å². The van der Waals surface area contributed by atoms with Gasteiger partial charge in [-0.25, -0.2) is 4.79 Å². The number of rotatable bonds is 2. The summed E-state index contributed by atoms with van der Waals surface area (Å²) in [7, 11) is 0. The summed E-state index contributed by atoms with van der Waals surface area (Å²) in [4.78, 5) is 14.9. The van der Waals surface area contributed by atoms with Gasteiger partial charge in [-0.2, -0.15) is 0 Å². The zero-order valence-electron chi connectivity index (χ0n) is 7.52. The molecule has 0 bridgehead atoms. The maximum absolute atomic E-state index is 11.2. The molecule has 0 atom stereocenters. The van der Waals surface area contributed by atoms with Crippen molar-refractivity contribution in [2.75, 3.05) is 0 Å². The Balaban J connectivity index is 2.77. The fourth-order valence-electron chi connectivity index (χ4n) is 0.822. The minimum absolute atomic E-state index is 0.0433. The van der Waals surface area contributed by atoms with Crippen LogP contribution in [0, 0.1) is 0 Å². The summed E-state index contributed by atoms with van der Waals surface area (Å²) >= 11 is 0. The molecule has 0 aliphatic carbocycles. The van der Waals surface area contributed by atoms with Gasteiger partial charge in [0.25, 0.3) is 0 Å². The summed E-state index contributed by atoms with van der Waals surface area (Å²) in [6.45, 7) is 3.52. The number of pyridine rings is 1. The van der Waals surface area contributed by atoms with Crippen LogP contribution >= 0.6 is 0 Å². The molecule has 0 saturated heterocycles. The van der Waals surface area contributed by atoms with Crippen molar-refractivity contribution in [3.8, 4) is 5.75 Å². The quantitative estimate of drug-likeness (QED) is 0.699. The van der Waals surface area contributed by atoms with Crippen LogP contribution in [0.5, 0.6) is 5.75 Å². The monoisotopic (exact) mass is 181 g/mol. The van der Waals surface area contributed by atoms with Crippen LogP contribution < -0.4 is 0 Å². The average Bonchev–Trinajstić information content (AvgIpc) is 2.03. The second-order valence-electron chi connectivity index (χ2n) is 2.89. The maximum atomic E-state index is 11.2. The molecule has 0 fully saturated rings. The van der Waals surface area contributed by atoms with Crippen molar-refractivity contribution in [1.29, 1.82) is 0 Å². The van der Waals surface area contributed by atoms with Crippen LogP contribution in [0.15, 0.2) is 18.5 Å². The zero-order valence-corrected chi connectivity index (χ0v) is 7.52. The molecule has 0 amide bonds. The third-order valence-electron chi connectivity index (χ3n) is 1.30. The first-order valence-corrected chi connectivity index (χ1v) is 3.94. The summed E-state index contributed by atoms with van der Waals surface area (Å²) in [6, 6.07) is 1.32. The van der Waals surface area contributed by atoms with Gasteiger partial charge in [0.2, 0.25) is 0 Å². The van der Waals surface area contributed by atoms with Gasteiger partial charge in [-0.1, -0.05) is 0 Å². The minimum Gasteiger partial charge on any atom is -0.506 e. The number of esters is 1. The minimum atomic E-state index is -0.474. The van der Waals surface area contributed by atoms with E-state index >= 15 is 0 Å². The summed E-state index contributed by atoms with van der Waals surface area (Å²) in [5, 5.41) is 9.03. The van der Waals surface area contributed by atoms with Gasteiger partial charge in [0, 0.05) is 6.20 Å². The number of hydrogen-bond acceptors (Lipinski definition) is 4. The van der Waals surface area contributed by atoms with Crippen molar-refractivity contribution in [1.82, 2.24) is 4.98 Å². The highest BCUT2D eigenvalue weighted by Gasteiger charge is 2.09. The lowest BCUT2D eigenvalue weighted by Gasteiger charge is -2.06. The van der Waals surface area contributed by atoms with E-state index in [0.29, 0.717) is 0 Å². The highest BCUT2D eigenvalue weighted by atomic mass is 16.5. The van der Waals surface area contributed by atoms with Crippen LogP contribution in [-0.2, 0) is 4.74 Å². The Hall–Kier alpha value is -1.58. The van der Waals surface area contributed by atoms with Crippen LogP contribution in [0.2, 0.25) is 0 Å². The molecule has 1 rings (SSSR count). The smallest absolute Gasteiger partial charge is 0.340 e. The molecule has 0 aliphatic heterocycles. The molecule has 1 aromatic rings. The number of aromatic nitrogens is 1. The first kappa shape index (κ1) is 9.51. The van der Waals surface area contributed by atoms with Crippen LogP contribution in [0.25, 0.3) is 0 Å². The van der Waals surface area contributed by atoms with E-state index in [4.69, 9.17) is 9.84 Å². The standard InChI is InChI=1S/C9H11NO3/c1-6(2)13-9(12)7-3-8(11)5-10-4-7/h3-6,11H,1-2H3. The summed E-state index contributed by atoms with van der Waals surface area (Å²) in [5.74, 6) is -0.517. The van der Waals surface area contributed by atoms with E-state index < -0.39 is 5.97 Å². The van der Waals surface area contributed by atoms with Gasteiger partial charge in [-0.05, 0) is 19.9 Å². The van der Waals surface area contributed by atoms with E-state index in [-0.39, 0.29) is 17.4 Å². The molecule has 1 heterocycles. The van der Waals surface area contributed by atoms with Crippen LogP contribution in [0.4, 0.5) is 0 Å².